The number of aliphatic hydroxyl groups excluding tert-OH is 6. The lowest BCUT2D eigenvalue weighted by Gasteiger charge is -2.43. The lowest BCUT2D eigenvalue weighted by molar-refractivity contribution is -0.319. The van der Waals surface area contributed by atoms with Gasteiger partial charge in [0.1, 0.15) is 24.4 Å². The van der Waals surface area contributed by atoms with E-state index in [1.54, 1.807) is 0 Å². The monoisotopic (exact) mass is 390 g/mol. The molecule has 3 rings (SSSR count). The minimum Gasteiger partial charge on any atom is -0.478 e. The second kappa shape index (κ2) is 7.81. The molecule has 1 fully saturated rings. The molecule has 11 heteroatoms. The van der Waals surface area contributed by atoms with Gasteiger partial charge in [0.25, 0.3) is 0 Å². The van der Waals surface area contributed by atoms with Gasteiger partial charge in [-0.2, -0.15) is 0 Å². The zero-order valence-electron chi connectivity index (χ0n) is 14.0. The summed E-state index contributed by atoms with van der Waals surface area (Å²) < 4.78 is 16.0. The number of hydrogen-bond acceptors (Lipinski definition) is 10. The van der Waals surface area contributed by atoms with Gasteiger partial charge in [-0.25, -0.2) is 4.79 Å². The molecule has 0 saturated carbocycles. The number of carbonyl (C=O) groups is 1. The molecule has 2 heterocycles. The Morgan fingerprint density at radius 1 is 1.11 bits per heavy atom. The zero-order chi connectivity index (χ0) is 19.9. The first-order chi connectivity index (χ1) is 12.8. The van der Waals surface area contributed by atoms with Gasteiger partial charge in [-0.15, -0.1) is 0 Å². The normalized spacial score (nSPS) is 44.1. The lowest BCUT2D eigenvalue weighted by Crippen LogP contribution is -2.61. The fourth-order valence-corrected chi connectivity index (χ4v) is 3.76. The number of carboxylic acids is 1. The fraction of sp³-hybridized carbons (Fsp3) is 0.688. The zero-order valence-corrected chi connectivity index (χ0v) is 14.0. The molecule has 9 atom stereocenters. The van der Waals surface area contributed by atoms with Crippen LogP contribution in [0.25, 0.3) is 0 Å². The Morgan fingerprint density at radius 3 is 2.41 bits per heavy atom. The number of rotatable bonds is 5. The number of aliphatic hydroxyl groups is 6. The molecule has 0 radical (unpaired) electrons. The number of carboxylic acid groups (broad SMARTS) is 1. The molecule has 0 aromatic heterocycles. The van der Waals surface area contributed by atoms with E-state index in [0.29, 0.717) is 0 Å². The first-order valence-corrected chi connectivity index (χ1v) is 8.34. The van der Waals surface area contributed by atoms with Crippen molar-refractivity contribution >= 4 is 5.97 Å². The van der Waals surface area contributed by atoms with Crippen LogP contribution in [0.3, 0.4) is 0 Å². The minimum atomic E-state index is -1.73. The van der Waals surface area contributed by atoms with E-state index < -0.39 is 74.1 Å². The average molecular weight is 390 g/mol. The van der Waals surface area contributed by atoms with Gasteiger partial charge in [0, 0.05) is 5.92 Å². The largest absolute Gasteiger partial charge is 0.478 e. The number of fused-ring (bicyclic) bond motifs is 1. The Kier molecular flexibility index (Phi) is 5.84. The van der Waals surface area contributed by atoms with Crippen LogP contribution in [0, 0.1) is 11.8 Å². The van der Waals surface area contributed by atoms with Crippen molar-refractivity contribution in [1.29, 1.82) is 0 Å². The molecule has 9 unspecified atom stereocenters. The van der Waals surface area contributed by atoms with E-state index in [1.807, 2.05) is 0 Å². The van der Waals surface area contributed by atoms with Gasteiger partial charge < -0.3 is 50.0 Å². The van der Waals surface area contributed by atoms with Gasteiger partial charge in [-0.1, -0.05) is 6.08 Å². The summed E-state index contributed by atoms with van der Waals surface area (Å²) in [4.78, 5) is 11.4. The molecule has 0 amide bonds. The summed E-state index contributed by atoms with van der Waals surface area (Å²) in [7, 11) is 0. The summed E-state index contributed by atoms with van der Waals surface area (Å²) in [6, 6.07) is 0. The Bertz CT molecular complexity index is 630. The highest BCUT2D eigenvalue weighted by Gasteiger charge is 2.52. The van der Waals surface area contributed by atoms with E-state index >= 15 is 0 Å². The first kappa shape index (κ1) is 20.2. The topological polar surface area (TPSA) is 186 Å². The van der Waals surface area contributed by atoms with Gasteiger partial charge >= 0.3 is 5.97 Å². The standard InChI is InChI=1S/C16H22O11/c17-2-5-1-7(19)10-6(14(22)23)4-25-16(9(5)10)27-13-8(3-18)26-15(24)12(21)11(13)20/h1,4,7-13,15-21,24H,2-3H2,(H,22,23). The molecule has 2 aliphatic heterocycles. The summed E-state index contributed by atoms with van der Waals surface area (Å²) in [5.74, 6) is -3.13. The molecule has 7 N–H and O–H groups in total. The number of aliphatic carboxylic acids is 1. The van der Waals surface area contributed by atoms with Crippen LogP contribution in [-0.2, 0) is 19.0 Å². The van der Waals surface area contributed by atoms with E-state index in [-0.39, 0.29) is 11.1 Å². The van der Waals surface area contributed by atoms with Gasteiger partial charge in [-0.3, -0.25) is 0 Å². The van der Waals surface area contributed by atoms with E-state index in [9.17, 15) is 40.5 Å². The highest BCUT2D eigenvalue weighted by Crippen LogP contribution is 2.44. The van der Waals surface area contributed by atoms with E-state index in [1.165, 1.54) is 6.08 Å². The second-order valence-electron chi connectivity index (χ2n) is 6.65. The van der Waals surface area contributed by atoms with Crippen LogP contribution < -0.4 is 0 Å². The van der Waals surface area contributed by atoms with Crippen molar-refractivity contribution in [2.24, 2.45) is 11.8 Å². The average Bonchev–Trinajstić information content (AvgIpc) is 2.99. The maximum atomic E-state index is 11.4. The molecule has 0 spiro atoms. The summed E-state index contributed by atoms with van der Waals surface area (Å²) >= 11 is 0. The van der Waals surface area contributed by atoms with Crippen molar-refractivity contribution in [2.45, 2.75) is 43.1 Å². The molecule has 27 heavy (non-hydrogen) atoms. The molecule has 0 aromatic carbocycles. The van der Waals surface area contributed by atoms with Crippen LogP contribution in [-0.4, -0.2) is 98.0 Å². The number of hydrogen-bond donors (Lipinski definition) is 7. The molecular weight excluding hydrogens is 368 g/mol. The quantitative estimate of drug-likeness (QED) is 0.233. The van der Waals surface area contributed by atoms with Crippen molar-refractivity contribution < 1.29 is 54.8 Å². The van der Waals surface area contributed by atoms with Gasteiger partial charge in [0.05, 0.1) is 37.1 Å². The van der Waals surface area contributed by atoms with Crippen molar-refractivity contribution in [3.8, 4) is 0 Å². The number of ether oxygens (including phenoxy) is 3. The summed E-state index contributed by atoms with van der Waals surface area (Å²) in [6.45, 7) is -1.13. The van der Waals surface area contributed by atoms with Gasteiger partial charge in [0.2, 0.25) is 6.29 Å². The van der Waals surface area contributed by atoms with Gasteiger partial charge in [-0.05, 0) is 5.57 Å². The Morgan fingerprint density at radius 2 is 1.81 bits per heavy atom. The molecule has 3 aliphatic rings. The van der Waals surface area contributed by atoms with Crippen LogP contribution in [0.5, 0.6) is 0 Å². The summed E-state index contributed by atoms with van der Waals surface area (Å²) in [5.41, 5.74) is 0.0818. The Hall–Kier alpha value is -1.57. The summed E-state index contributed by atoms with van der Waals surface area (Å²) in [5, 5.41) is 68.0. The molecular formula is C16H22O11. The molecule has 1 saturated heterocycles. The minimum absolute atomic E-state index is 0.207. The van der Waals surface area contributed by atoms with Gasteiger partial charge in [0.15, 0.2) is 6.29 Å². The van der Waals surface area contributed by atoms with Crippen LogP contribution in [0.15, 0.2) is 23.5 Å². The lowest BCUT2D eigenvalue weighted by atomic mass is 9.82. The van der Waals surface area contributed by atoms with Crippen molar-refractivity contribution in [3.05, 3.63) is 23.5 Å². The van der Waals surface area contributed by atoms with E-state index in [0.717, 1.165) is 6.26 Å². The third-order valence-electron chi connectivity index (χ3n) is 5.11. The molecule has 0 bridgehead atoms. The third kappa shape index (κ3) is 3.48. The second-order valence-corrected chi connectivity index (χ2v) is 6.65. The maximum Gasteiger partial charge on any atom is 0.335 e. The highest BCUT2D eigenvalue weighted by molar-refractivity contribution is 5.87. The smallest absolute Gasteiger partial charge is 0.335 e. The Labute approximate surface area is 153 Å². The highest BCUT2D eigenvalue weighted by atomic mass is 16.7. The van der Waals surface area contributed by atoms with Crippen LogP contribution in [0.2, 0.25) is 0 Å². The molecule has 11 nitrogen and oxygen atoms in total. The molecule has 0 aromatic rings. The van der Waals surface area contributed by atoms with Crippen LogP contribution in [0.1, 0.15) is 0 Å². The van der Waals surface area contributed by atoms with Crippen molar-refractivity contribution in [2.75, 3.05) is 13.2 Å². The predicted molar refractivity (Wildman–Crippen MR) is 83.6 cm³/mol. The van der Waals surface area contributed by atoms with Crippen LogP contribution in [0.4, 0.5) is 0 Å². The van der Waals surface area contributed by atoms with E-state index in [2.05, 4.69) is 0 Å². The summed E-state index contributed by atoms with van der Waals surface area (Å²) in [6.07, 6.45) is -7.79. The first-order valence-electron chi connectivity index (χ1n) is 8.34. The maximum absolute atomic E-state index is 11.4. The predicted octanol–water partition coefficient (Wildman–Crippen LogP) is -3.35. The van der Waals surface area contributed by atoms with Crippen molar-refractivity contribution in [1.82, 2.24) is 0 Å². The molecule has 152 valence electrons. The Balaban J connectivity index is 1.87. The van der Waals surface area contributed by atoms with E-state index in [4.69, 9.17) is 14.2 Å². The van der Waals surface area contributed by atoms with Crippen LogP contribution >= 0.6 is 0 Å². The van der Waals surface area contributed by atoms with Crippen molar-refractivity contribution in [3.63, 3.8) is 0 Å². The fourth-order valence-electron chi connectivity index (χ4n) is 3.76. The molecule has 1 aliphatic carbocycles. The third-order valence-corrected chi connectivity index (χ3v) is 5.11. The SMILES string of the molecule is O=C(O)C1=COC(OC2C(CO)OC(O)C(O)C2O)C2C(CO)=CC(O)C12.